The normalized spacial score (nSPS) is 19.5. The molecule has 3 heterocycles. The number of urea groups is 1. The maximum atomic E-state index is 13.6. The molecule has 5 nitrogen and oxygen atoms in total. The second kappa shape index (κ2) is 6.92. The summed E-state index contributed by atoms with van der Waals surface area (Å²) < 4.78 is 27.2. The van der Waals surface area contributed by atoms with Gasteiger partial charge in [-0.3, -0.25) is 4.99 Å². The van der Waals surface area contributed by atoms with Crippen LogP contribution in [0.5, 0.6) is 0 Å². The number of carbonyl (C=O) groups is 1. The Kier molecular flexibility index (Phi) is 4.23. The number of fused-ring (bicyclic) bond motifs is 1. The summed E-state index contributed by atoms with van der Waals surface area (Å²) in [4.78, 5) is 18.9. The fourth-order valence-electron chi connectivity index (χ4n) is 3.90. The van der Waals surface area contributed by atoms with Crippen LogP contribution in [0.3, 0.4) is 0 Å². The predicted octanol–water partition coefficient (Wildman–Crippen LogP) is 4.48. The summed E-state index contributed by atoms with van der Waals surface area (Å²) in [6.07, 6.45) is 6.89. The van der Waals surface area contributed by atoms with E-state index >= 15 is 0 Å². The van der Waals surface area contributed by atoms with E-state index in [1.165, 1.54) is 22.7 Å². The first-order valence-corrected chi connectivity index (χ1v) is 9.48. The molecule has 2 aromatic carbocycles. The summed E-state index contributed by atoms with van der Waals surface area (Å²) in [6.45, 7) is 1.02. The number of nitrogens with zero attached hydrogens (tertiary/aromatic N) is 4. The molecule has 0 radical (unpaired) electrons. The number of hydrogen-bond acceptors (Lipinski definition) is 3. The second-order valence-corrected chi connectivity index (χ2v) is 7.44. The molecule has 0 aliphatic carbocycles. The molecule has 1 fully saturated rings. The number of halogens is 2. The van der Waals surface area contributed by atoms with Gasteiger partial charge in [0.1, 0.15) is 11.6 Å². The van der Waals surface area contributed by atoms with Crippen molar-refractivity contribution in [3.05, 3.63) is 70.3 Å². The molecule has 3 aliphatic heterocycles. The van der Waals surface area contributed by atoms with E-state index in [-0.39, 0.29) is 6.03 Å². The number of aliphatic imine (C=N–C) groups is 1. The van der Waals surface area contributed by atoms with Crippen LogP contribution in [0.4, 0.5) is 19.3 Å². The zero-order chi connectivity index (χ0) is 20.0. The van der Waals surface area contributed by atoms with Crippen LogP contribution < -0.4 is 0 Å². The van der Waals surface area contributed by atoms with Crippen LogP contribution in [-0.4, -0.2) is 41.5 Å². The van der Waals surface area contributed by atoms with Crippen molar-refractivity contribution in [1.29, 1.82) is 0 Å². The lowest BCUT2D eigenvalue weighted by Crippen LogP contribution is -2.49. The molecule has 2 amide bonds. The third kappa shape index (κ3) is 3.33. The Bertz CT molecular complexity index is 1060. The van der Waals surface area contributed by atoms with Crippen molar-refractivity contribution in [2.45, 2.75) is 18.9 Å². The lowest BCUT2D eigenvalue weighted by atomic mass is 10.0. The van der Waals surface area contributed by atoms with Crippen LogP contribution >= 0.6 is 0 Å². The SMILES string of the molecule is O=C(N1CC(=Cc2ccc3c(c2)N=CC3)C1)N1N=CC[C@H]1c1cc(F)cc(F)c1. The second-order valence-electron chi connectivity index (χ2n) is 7.44. The molecule has 0 saturated carbocycles. The molecule has 0 bridgehead atoms. The summed E-state index contributed by atoms with van der Waals surface area (Å²) in [5, 5.41) is 5.46. The lowest BCUT2D eigenvalue weighted by Gasteiger charge is -2.37. The molecule has 0 aromatic heterocycles. The first-order valence-electron chi connectivity index (χ1n) is 9.48. The van der Waals surface area contributed by atoms with Crippen LogP contribution in [0.25, 0.3) is 6.08 Å². The van der Waals surface area contributed by atoms with Crippen LogP contribution in [0, 0.1) is 11.6 Å². The summed E-state index contributed by atoms with van der Waals surface area (Å²) in [7, 11) is 0. The minimum absolute atomic E-state index is 0.260. The molecule has 7 heteroatoms. The number of hydrogen-bond donors (Lipinski definition) is 0. The summed E-state index contributed by atoms with van der Waals surface area (Å²) in [6, 6.07) is 8.76. The van der Waals surface area contributed by atoms with Crippen molar-refractivity contribution in [3.63, 3.8) is 0 Å². The van der Waals surface area contributed by atoms with Crippen molar-refractivity contribution < 1.29 is 13.6 Å². The Morgan fingerprint density at radius 3 is 2.66 bits per heavy atom. The fraction of sp³-hybridized carbons (Fsp3) is 0.227. The number of rotatable bonds is 2. The first kappa shape index (κ1) is 17.7. The molecule has 0 spiro atoms. The van der Waals surface area contributed by atoms with Gasteiger partial charge < -0.3 is 4.90 Å². The van der Waals surface area contributed by atoms with Crippen LogP contribution in [0.2, 0.25) is 0 Å². The molecule has 2 aromatic rings. The van der Waals surface area contributed by atoms with Gasteiger partial charge in [0.15, 0.2) is 0 Å². The molecule has 3 aliphatic rings. The molecule has 0 N–H and O–H groups in total. The summed E-state index contributed by atoms with van der Waals surface area (Å²) >= 11 is 0. The highest BCUT2D eigenvalue weighted by atomic mass is 19.1. The highest BCUT2D eigenvalue weighted by molar-refractivity contribution is 5.81. The van der Waals surface area contributed by atoms with Gasteiger partial charge in [-0.2, -0.15) is 5.10 Å². The van der Waals surface area contributed by atoms with Crippen LogP contribution in [0.1, 0.15) is 29.2 Å². The molecule has 1 saturated heterocycles. The molecule has 29 heavy (non-hydrogen) atoms. The average molecular weight is 392 g/mol. The van der Waals surface area contributed by atoms with Gasteiger partial charge in [0, 0.05) is 44.4 Å². The molecular formula is C22H18F2N4O. The van der Waals surface area contributed by atoms with Crippen molar-refractivity contribution in [2.75, 3.05) is 13.1 Å². The van der Waals surface area contributed by atoms with E-state index in [2.05, 4.69) is 34.4 Å². The zero-order valence-corrected chi connectivity index (χ0v) is 15.6. The van der Waals surface area contributed by atoms with E-state index < -0.39 is 17.7 Å². The largest absolute Gasteiger partial charge is 0.341 e. The zero-order valence-electron chi connectivity index (χ0n) is 15.6. The van der Waals surface area contributed by atoms with Gasteiger partial charge in [0.2, 0.25) is 0 Å². The van der Waals surface area contributed by atoms with Gasteiger partial charge in [-0.25, -0.2) is 18.6 Å². The number of benzene rings is 2. The topological polar surface area (TPSA) is 48.3 Å². The lowest BCUT2D eigenvalue weighted by molar-refractivity contribution is 0.136. The van der Waals surface area contributed by atoms with E-state index in [0.717, 1.165) is 29.3 Å². The minimum Gasteiger partial charge on any atom is -0.315 e. The van der Waals surface area contributed by atoms with Crippen molar-refractivity contribution in [3.8, 4) is 0 Å². The first-order chi connectivity index (χ1) is 14.1. The van der Waals surface area contributed by atoms with Crippen molar-refractivity contribution >= 4 is 30.2 Å². The molecule has 1 atom stereocenters. The number of likely N-dealkylation sites (tertiary alicyclic amines) is 1. The highest BCUT2D eigenvalue weighted by Gasteiger charge is 2.35. The van der Waals surface area contributed by atoms with Crippen molar-refractivity contribution in [1.82, 2.24) is 9.91 Å². The quantitative estimate of drug-likeness (QED) is 0.744. The third-order valence-corrected chi connectivity index (χ3v) is 5.38. The van der Waals surface area contributed by atoms with Gasteiger partial charge in [0.05, 0.1) is 11.7 Å². The van der Waals surface area contributed by atoms with Crippen molar-refractivity contribution in [2.24, 2.45) is 10.1 Å². The van der Waals surface area contributed by atoms with Crippen LogP contribution in [-0.2, 0) is 6.42 Å². The Morgan fingerprint density at radius 1 is 1.07 bits per heavy atom. The fourth-order valence-corrected chi connectivity index (χ4v) is 3.90. The number of hydrazone groups is 1. The van der Waals surface area contributed by atoms with Gasteiger partial charge in [-0.05, 0) is 40.5 Å². The highest BCUT2D eigenvalue weighted by Crippen LogP contribution is 2.32. The molecule has 146 valence electrons. The van der Waals surface area contributed by atoms with E-state index in [0.29, 0.717) is 25.1 Å². The molecule has 0 unspecified atom stereocenters. The van der Waals surface area contributed by atoms with E-state index in [4.69, 9.17) is 0 Å². The Balaban J connectivity index is 1.27. The predicted molar refractivity (Wildman–Crippen MR) is 107 cm³/mol. The van der Waals surface area contributed by atoms with Gasteiger partial charge in [-0.15, -0.1) is 0 Å². The maximum Gasteiger partial charge on any atom is 0.341 e. The summed E-state index contributed by atoms with van der Waals surface area (Å²) in [5.41, 5.74) is 4.84. The van der Waals surface area contributed by atoms with E-state index in [9.17, 15) is 13.6 Å². The maximum absolute atomic E-state index is 13.6. The third-order valence-electron chi connectivity index (χ3n) is 5.38. The summed E-state index contributed by atoms with van der Waals surface area (Å²) in [5.74, 6) is -1.32. The molecule has 5 rings (SSSR count). The van der Waals surface area contributed by atoms with Gasteiger partial charge >= 0.3 is 6.03 Å². The Morgan fingerprint density at radius 2 is 1.86 bits per heavy atom. The number of carbonyl (C=O) groups excluding carboxylic acids is 1. The number of amides is 2. The monoisotopic (exact) mass is 392 g/mol. The Hall–Kier alpha value is -3.35. The molecular weight excluding hydrogens is 374 g/mol. The van der Waals surface area contributed by atoms with E-state index in [1.807, 2.05) is 6.21 Å². The van der Waals surface area contributed by atoms with Gasteiger partial charge in [-0.1, -0.05) is 18.2 Å². The minimum atomic E-state index is -0.660. The Labute approximate surface area is 166 Å². The smallest absolute Gasteiger partial charge is 0.315 e. The standard InChI is InChI=1S/C22H18F2N4O/c23-18-9-17(10-19(24)11-18)21-4-6-26-28(21)22(29)27-12-15(13-27)7-14-1-2-16-3-5-25-20(16)8-14/h1-2,5-11,21H,3-4,12-13H2/t21-/m0/s1. The van der Waals surface area contributed by atoms with Crippen LogP contribution in [0.15, 0.2) is 52.1 Å². The van der Waals surface area contributed by atoms with Gasteiger partial charge in [0.25, 0.3) is 0 Å². The average Bonchev–Trinajstić information content (AvgIpc) is 3.31. The van der Waals surface area contributed by atoms with E-state index in [1.54, 1.807) is 11.1 Å².